The summed E-state index contributed by atoms with van der Waals surface area (Å²) in [5.74, 6) is -1.20. The van der Waals surface area contributed by atoms with E-state index in [1.54, 1.807) is 54.7 Å². The molecule has 1 N–H and O–H groups in total. The van der Waals surface area contributed by atoms with E-state index >= 15 is 0 Å². The number of amides is 1. The number of likely N-dealkylation sites (tertiary alicyclic amines) is 1. The molecule has 0 saturated carbocycles. The number of carbonyl (C=O) groups is 1. The van der Waals surface area contributed by atoms with Crippen LogP contribution < -0.4 is 0 Å². The Morgan fingerprint density at radius 3 is 2.38 bits per heavy atom. The molecular formula is C25H20FN3O4S. The Labute approximate surface area is 195 Å². The van der Waals surface area contributed by atoms with Crippen molar-refractivity contribution in [1.82, 2.24) is 14.9 Å². The van der Waals surface area contributed by atoms with E-state index in [4.69, 9.17) is 0 Å². The Balaban J connectivity index is 1.30. The number of nitrogens with zero attached hydrogens (tertiary/aromatic N) is 3. The van der Waals surface area contributed by atoms with Gasteiger partial charge in [0.15, 0.2) is 9.84 Å². The van der Waals surface area contributed by atoms with E-state index in [0.29, 0.717) is 16.6 Å². The van der Waals surface area contributed by atoms with Crippen molar-refractivity contribution in [3.63, 3.8) is 0 Å². The molecule has 7 nitrogen and oxygen atoms in total. The van der Waals surface area contributed by atoms with Gasteiger partial charge < -0.3 is 10.0 Å². The fourth-order valence-electron chi connectivity index (χ4n) is 4.16. The van der Waals surface area contributed by atoms with E-state index in [0.717, 1.165) is 5.39 Å². The average Bonchev–Trinajstić information content (AvgIpc) is 2.82. The summed E-state index contributed by atoms with van der Waals surface area (Å²) < 4.78 is 40.1. The first-order valence-corrected chi connectivity index (χ1v) is 12.2. The Bertz CT molecular complexity index is 1500. The van der Waals surface area contributed by atoms with Gasteiger partial charge in [0, 0.05) is 23.3 Å². The van der Waals surface area contributed by atoms with Gasteiger partial charge in [0.2, 0.25) is 0 Å². The van der Waals surface area contributed by atoms with Crippen LogP contribution in [0.2, 0.25) is 0 Å². The van der Waals surface area contributed by atoms with Crippen LogP contribution in [-0.2, 0) is 21.2 Å². The second kappa shape index (κ2) is 8.27. The number of halogens is 1. The van der Waals surface area contributed by atoms with Crippen molar-refractivity contribution in [2.45, 2.75) is 16.2 Å². The Morgan fingerprint density at radius 1 is 0.971 bits per heavy atom. The van der Waals surface area contributed by atoms with Gasteiger partial charge in [-0.25, -0.2) is 12.8 Å². The molecule has 4 aromatic rings. The molecule has 0 radical (unpaired) electrons. The molecule has 1 aliphatic rings. The third kappa shape index (κ3) is 3.93. The summed E-state index contributed by atoms with van der Waals surface area (Å²) in [7, 11) is -3.67. The zero-order chi connectivity index (χ0) is 23.9. The molecule has 0 atom stereocenters. The summed E-state index contributed by atoms with van der Waals surface area (Å²) >= 11 is 0. The molecule has 3 heterocycles. The van der Waals surface area contributed by atoms with Crippen LogP contribution in [0.25, 0.3) is 10.9 Å². The number of carbonyl (C=O) groups excluding carboxylic acids is 1. The summed E-state index contributed by atoms with van der Waals surface area (Å²) in [5.41, 5.74) is -0.313. The number of fused-ring (bicyclic) bond motifs is 1. The van der Waals surface area contributed by atoms with Gasteiger partial charge in [-0.2, -0.15) is 0 Å². The third-order valence-corrected chi connectivity index (χ3v) is 7.59. The van der Waals surface area contributed by atoms with Crippen molar-refractivity contribution in [1.29, 1.82) is 0 Å². The topological polar surface area (TPSA) is 100 Å². The van der Waals surface area contributed by atoms with Crippen LogP contribution in [0.3, 0.4) is 0 Å². The van der Waals surface area contributed by atoms with Crippen LogP contribution in [-0.4, -0.2) is 47.4 Å². The lowest BCUT2D eigenvalue weighted by atomic mass is 9.89. The third-order valence-electron chi connectivity index (χ3n) is 5.88. The van der Waals surface area contributed by atoms with Crippen molar-refractivity contribution < 1.29 is 22.7 Å². The number of hydrogen-bond donors (Lipinski definition) is 1. The molecule has 9 heteroatoms. The number of rotatable bonds is 5. The number of aliphatic hydroxyl groups is 1. The molecular weight excluding hydrogens is 457 g/mol. The van der Waals surface area contributed by atoms with E-state index < -0.39 is 21.3 Å². The van der Waals surface area contributed by atoms with Crippen molar-refractivity contribution in [2.75, 3.05) is 13.1 Å². The standard InChI is InChI=1S/C25H20FN3O4S/c26-20-6-3-13-28-23(20)25(31)15-29(16-25)24(30)19-10-8-17(9-11-19)14-34(32,33)21-7-1-4-18-5-2-12-27-22(18)21/h1-13,31H,14-16H2. The Hall–Kier alpha value is -3.69. The lowest BCUT2D eigenvalue weighted by Gasteiger charge is -2.45. The fraction of sp³-hybridized carbons (Fsp3) is 0.160. The molecule has 1 saturated heterocycles. The highest BCUT2D eigenvalue weighted by molar-refractivity contribution is 7.90. The summed E-state index contributed by atoms with van der Waals surface area (Å²) in [6.45, 7) is -0.159. The first-order chi connectivity index (χ1) is 16.3. The van der Waals surface area contributed by atoms with E-state index in [1.807, 2.05) is 0 Å². The highest BCUT2D eigenvalue weighted by atomic mass is 32.2. The summed E-state index contributed by atoms with van der Waals surface area (Å²) in [4.78, 5) is 22.4. The first kappa shape index (κ1) is 22.1. The van der Waals surface area contributed by atoms with E-state index in [-0.39, 0.29) is 35.3 Å². The van der Waals surface area contributed by atoms with Crippen LogP contribution in [0.5, 0.6) is 0 Å². The average molecular weight is 478 g/mol. The number of hydrogen-bond acceptors (Lipinski definition) is 6. The van der Waals surface area contributed by atoms with Gasteiger partial charge in [-0.1, -0.05) is 30.3 Å². The summed E-state index contributed by atoms with van der Waals surface area (Å²) in [6.07, 6.45) is 2.95. The molecule has 2 aromatic heterocycles. The van der Waals surface area contributed by atoms with Crippen LogP contribution >= 0.6 is 0 Å². The highest BCUT2D eigenvalue weighted by Gasteiger charge is 2.47. The van der Waals surface area contributed by atoms with Crippen molar-refractivity contribution in [3.8, 4) is 0 Å². The first-order valence-electron chi connectivity index (χ1n) is 10.5. The van der Waals surface area contributed by atoms with Gasteiger partial charge in [0.05, 0.1) is 29.3 Å². The maximum absolute atomic E-state index is 14.0. The van der Waals surface area contributed by atoms with Crippen LogP contribution in [0.1, 0.15) is 21.6 Å². The zero-order valence-electron chi connectivity index (χ0n) is 17.9. The number of β-amino-alcohol motifs (C(OH)–C–C–N with tert-alkyl or cyclic N) is 1. The van der Waals surface area contributed by atoms with Crippen molar-refractivity contribution in [2.24, 2.45) is 0 Å². The SMILES string of the molecule is O=C(c1ccc(CS(=O)(=O)c2cccc3cccnc23)cc1)N1CC(O)(c2ncccc2F)C1. The minimum Gasteiger partial charge on any atom is -0.380 e. The monoisotopic (exact) mass is 477 g/mol. The van der Waals surface area contributed by atoms with E-state index in [1.165, 1.54) is 29.3 Å². The summed E-state index contributed by atoms with van der Waals surface area (Å²) in [5, 5.41) is 11.4. The lowest BCUT2D eigenvalue weighted by molar-refractivity contribution is -0.0914. The molecule has 0 unspecified atom stereocenters. The maximum atomic E-state index is 14.0. The number of pyridine rings is 2. The molecule has 34 heavy (non-hydrogen) atoms. The van der Waals surface area contributed by atoms with Gasteiger partial charge in [-0.15, -0.1) is 0 Å². The molecule has 0 aliphatic carbocycles. The van der Waals surface area contributed by atoms with Gasteiger partial charge in [0.25, 0.3) is 5.91 Å². The van der Waals surface area contributed by atoms with Crippen LogP contribution in [0, 0.1) is 5.82 Å². The minimum atomic E-state index is -3.67. The van der Waals surface area contributed by atoms with Crippen LogP contribution in [0.15, 0.2) is 84.0 Å². The quantitative estimate of drug-likeness (QED) is 0.474. The van der Waals surface area contributed by atoms with Crippen LogP contribution in [0.4, 0.5) is 4.39 Å². The predicted molar refractivity (Wildman–Crippen MR) is 123 cm³/mol. The maximum Gasteiger partial charge on any atom is 0.254 e. The second-order valence-corrected chi connectivity index (χ2v) is 10.3. The summed E-state index contributed by atoms with van der Waals surface area (Å²) in [6, 6.07) is 17.5. The molecule has 0 spiro atoms. The Morgan fingerprint density at radius 2 is 1.65 bits per heavy atom. The van der Waals surface area contributed by atoms with Gasteiger partial charge in [-0.05, 0) is 42.0 Å². The largest absolute Gasteiger partial charge is 0.380 e. The molecule has 1 amide bonds. The van der Waals surface area contributed by atoms with E-state index in [9.17, 15) is 22.7 Å². The number of para-hydroxylation sites is 1. The fourth-order valence-corrected chi connectivity index (χ4v) is 5.69. The lowest BCUT2D eigenvalue weighted by Crippen LogP contribution is -2.61. The molecule has 2 aromatic carbocycles. The van der Waals surface area contributed by atoms with Gasteiger partial charge in [0.1, 0.15) is 17.1 Å². The smallest absolute Gasteiger partial charge is 0.254 e. The van der Waals surface area contributed by atoms with E-state index in [2.05, 4.69) is 9.97 Å². The van der Waals surface area contributed by atoms with Crippen molar-refractivity contribution in [3.05, 3.63) is 102 Å². The number of sulfone groups is 1. The Kier molecular flexibility index (Phi) is 5.38. The van der Waals surface area contributed by atoms with Gasteiger partial charge >= 0.3 is 0 Å². The zero-order valence-corrected chi connectivity index (χ0v) is 18.7. The second-order valence-electron chi connectivity index (χ2n) is 8.31. The molecule has 1 aliphatic heterocycles. The normalized spacial score (nSPS) is 15.2. The van der Waals surface area contributed by atoms with Crippen molar-refractivity contribution >= 4 is 26.6 Å². The number of aromatic nitrogens is 2. The number of benzene rings is 2. The predicted octanol–water partition coefficient (Wildman–Crippen LogP) is 3.09. The van der Waals surface area contributed by atoms with Gasteiger partial charge in [-0.3, -0.25) is 14.8 Å². The molecule has 1 fully saturated rings. The minimum absolute atomic E-state index is 0.0794. The highest BCUT2D eigenvalue weighted by Crippen LogP contribution is 2.33. The molecule has 5 rings (SSSR count). The molecule has 172 valence electrons. The molecule has 0 bridgehead atoms.